The molecule has 2 aliphatic heterocycles. The van der Waals surface area contributed by atoms with Gasteiger partial charge in [0.25, 0.3) is 0 Å². The van der Waals surface area contributed by atoms with Gasteiger partial charge in [0.1, 0.15) is 0 Å². The van der Waals surface area contributed by atoms with Crippen LogP contribution in [0.1, 0.15) is 20.3 Å². The van der Waals surface area contributed by atoms with Gasteiger partial charge in [0, 0.05) is 12.5 Å². The molecule has 2 heterocycles. The molecule has 0 saturated carbocycles. The van der Waals surface area contributed by atoms with Gasteiger partial charge in [-0.25, -0.2) is 0 Å². The lowest BCUT2D eigenvalue weighted by molar-refractivity contribution is -0.138. The van der Waals surface area contributed by atoms with E-state index in [1.165, 1.54) is 0 Å². The van der Waals surface area contributed by atoms with Crippen LogP contribution in [0.4, 0.5) is 0 Å². The van der Waals surface area contributed by atoms with Crippen molar-refractivity contribution in [2.24, 2.45) is 5.92 Å². The molecule has 0 aliphatic carbocycles. The minimum absolute atomic E-state index is 0.129. The molecule has 3 heteroatoms. The van der Waals surface area contributed by atoms with Crippen LogP contribution in [0.15, 0.2) is 0 Å². The molecule has 1 amide bonds. The third kappa shape index (κ3) is 1.12. The molecule has 0 aromatic heterocycles. The number of nitrogens with zero attached hydrogens (tertiary/aromatic N) is 1. The third-order valence-electron chi connectivity index (χ3n) is 2.68. The fourth-order valence-corrected chi connectivity index (χ4v) is 2.00. The Kier molecular flexibility index (Phi) is 1.83. The third-order valence-corrected chi connectivity index (χ3v) is 2.68. The van der Waals surface area contributed by atoms with Crippen LogP contribution in [0, 0.1) is 5.92 Å². The maximum Gasteiger partial charge on any atom is 0.225 e. The molecule has 68 valence electrons. The highest BCUT2D eigenvalue weighted by atomic mass is 16.5. The maximum absolute atomic E-state index is 11.6. The summed E-state index contributed by atoms with van der Waals surface area (Å²) in [5, 5.41) is 0. The number of hydrogen-bond donors (Lipinski definition) is 0. The van der Waals surface area contributed by atoms with Crippen molar-refractivity contribution in [2.45, 2.75) is 32.4 Å². The molecule has 0 spiro atoms. The quantitative estimate of drug-likeness (QED) is 0.576. The zero-order valence-corrected chi connectivity index (χ0v) is 7.62. The van der Waals surface area contributed by atoms with E-state index < -0.39 is 0 Å². The van der Waals surface area contributed by atoms with Crippen molar-refractivity contribution in [3.63, 3.8) is 0 Å². The second kappa shape index (κ2) is 2.73. The standard InChI is InChI=1S/C9H15NO2/c1-6(2)9(11)10-4-8-3-7(10)5-12-8/h6-8H,3-5H2,1-2H3/t7-,8-/m1/s1. The number of hydrogen-bond acceptors (Lipinski definition) is 2. The van der Waals surface area contributed by atoms with Gasteiger partial charge in [-0.15, -0.1) is 0 Å². The fraction of sp³-hybridized carbons (Fsp3) is 0.889. The molecular formula is C9H15NO2. The number of carbonyl (C=O) groups excluding carboxylic acids is 1. The van der Waals surface area contributed by atoms with Crippen LogP contribution in [0.2, 0.25) is 0 Å². The number of rotatable bonds is 1. The second-order valence-electron chi connectivity index (χ2n) is 3.99. The Morgan fingerprint density at radius 2 is 2.33 bits per heavy atom. The lowest BCUT2D eigenvalue weighted by atomic mass is 10.1. The highest BCUT2D eigenvalue weighted by molar-refractivity contribution is 5.79. The first kappa shape index (κ1) is 8.05. The van der Waals surface area contributed by atoms with E-state index in [0.29, 0.717) is 12.1 Å². The van der Waals surface area contributed by atoms with Gasteiger partial charge in [0.2, 0.25) is 5.91 Å². The average molecular weight is 169 g/mol. The molecule has 0 aromatic rings. The van der Waals surface area contributed by atoms with Crippen molar-refractivity contribution in [2.75, 3.05) is 13.2 Å². The number of amides is 1. The summed E-state index contributed by atoms with van der Waals surface area (Å²) in [4.78, 5) is 13.6. The number of ether oxygens (including phenoxy) is 1. The molecule has 3 nitrogen and oxygen atoms in total. The van der Waals surface area contributed by atoms with Crippen LogP contribution in [0.5, 0.6) is 0 Å². The van der Waals surface area contributed by atoms with Gasteiger partial charge in [-0.2, -0.15) is 0 Å². The van der Waals surface area contributed by atoms with Gasteiger partial charge < -0.3 is 9.64 Å². The summed E-state index contributed by atoms with van der Waals surface area (Å²) < 4.78 is 5.42. The second-order valence-corrected chi connectivity index (χ2v) is 3.99. The normalized spacial score (nSPS) is 33.4. The summed E-state index contributed by atoms with van der Waals surface area (Å²) >= 11 is 0. The summed E-state index contributed by atoms with van der Waals surface area (Å²) in [5.74, 6) is 0.412. The zero-order chi connectivity index (χ0) is 8.72. The molecule has 2 saturated heterocycles. The Hall–Kier alpha value is -0.570. The minimum atomic E-state index is 0.129. The predicted octanol–water partition coefficient (Wildman–Crippen LogP) is 0.642. The first-order valence-corrected chi connectivity index (χ1v) is 4.60. The summed E-state index contributed by atoms with van der Waals surface area (Å²) in [6.45, 7) is 5.48. The average Bonchev–Trinajstić information content (AvgIpc) is 2.62. The largest absolute Gasteiger partial charge is 0.374 e. The monoisotopic (exact) mass is 169 g/mol. The summed E-state index contributed by atoms with van der Waals surface area (Å²) in [7, 11) is 0. The predicted molar refractivity (Wildman–Crippen MR) is 44.7 cm³/mol. The van der Waals surface area contributed by atoms with Crippen molar-refractivity contribution in [1.29, 1.82) is 0 Å². The number of likely N-dealkylation sites (tertiary alicyclic amines) is 1. The smallest absolute Gasteiger partial charge is 0.225 e. The van der Waals surface area contributed by atoms with Crippen molar-refractivity contribution in [3.05, 3.63) is 0 Å². The van der Waals surface area contributed by atoms with E-state index in [1.54, 1.807) is 0 Å². The van der Waals surface area contributed by atoms with Crippen LogP contribution in [-0.4, -0.2) is 36.1 Å². The topological polar surface area (TPSA) is 29.5 Å². The first-order valence-electron chi connectivity index (χ1n) is 4.60. The Balaban J connectivity index is 2.02. The zero-order valence-electron chi connectivity index (χ0n) is 7.62. The van der Waals surface area contributed by atoms with E-state index >= 15 is 0 Å². The summed E-state index contributed by atoms with van der Waals surface area (Å²) in [6, 6.07) is 0.380. The molecule has 0 aromatic carbocycles. The molecule has 12 heavy (non-hydrogen) atoms. The Morgan fingerprint density at radius 1 is 1.58 bits per heavy atom. The van der Waals surface area contributed by atoms with Gasteiger partial charge in [0.05, 0.1) is 18.8 Å². The van der Waals surface area contributed by atoms with Crippen LogP contribution in [0.3, 0.4) is 0 Å². The fourth-order valence-electron chi connectivity index (χ4n) is 2.00. The van der Waals surface area contributed by atoms with E-state index in [-0.39, 0.29) is 11.8 Å². The summed E-state index contributed by atoms with van der Waals surface area (Å²) in [6.07, 6.45) is 1.39. The molecule has 2 aliphatic rings. The highest BCUT2D eigenvalue weighted by Crippen LogP contribution is 2.28. The molecule has 2 fully saturated rings. The van der Waals surface area contributed by atoms with E-state index in [1.807, 2.05) is 18.7 Å². The Labute approximate surface area is 72.7 Å². The number of carbonyl (C=O) groups is 1. The Bertz CT molecular complexity index is 203. The van der Waals surface area contributed by atoms with Crippen LogP contribution in [0.25, 0.3) is 0 Å². The van der Waals surface area contributed by atoms with Crippen molar-refractivity contribution in [3.8, 4) is 0 Å². The number of morpholine rings is 1. The SMILES string of the molecule is CC(C)C(=O)N1C[C@H]2C[C@@H]1CO2. The lowest BCUT2D eigenvalue weighted by Crippen LogP contribution is -2.43. The Morgan fingerprint density at radius 3 is 2.75 bits per heavy atom. The number of fused-ring (bicyclic) bond motifs is 2. The van der Waals surface area contributed by atoms with E-state index in [2.05, 4.69) is 0 Å². The van der Waals surface area contributed by atoms with Gasteiger partial charge in [-0.1, -0.05) is 13.8 Å². The highest BCUT2D eigenvalue weighted by Gasteiger charge is 2.41. The van der Waals surface area contributed by atoms with Gasteiger partial charge >= 0.3 is 0 Å². The first-order chi connectivity index (χ1) is 5.68. The van der Waals surface area contributed by atoms with E-state index in [9.17, 15) is 4.79 Å². The van der Waals surface area contributed by atoms with Crippen molar-refractivity contribution < 1.29 is 9.53 Å². The maximum atomic E-state index is 11.6. The summed E-state index contributed by atoms with van der Waals surface area (Å²) in [5.41, 5.74) is 0. The van der Waals surface area contributed by atoms with E-state index in [4.69, 9.17) is 4.74 Å². The molecule has 0 unspecified atom stereocenters. The van der Waals surface area contributed by atoms with Crippen LogP contribution < -0.4 is 0 Å². The van der Waals surface area contributed by atoms with Gasteiger partial charge in [-0.3, -0.25) is 4.79 Å². The molecule has 0 radical (unpaired) electrons. The molecule has 2 atom stereocenters. The molecule has 2 bridgehead atoms. The van der Waals surface area contributed by atoms with Crippen LogP contribution in [-0.2, 0) is 9.53 Å². The molecule has 2 rings (SSSR count). The minimum Gasteiger partial charge on any atom is -0.374 e. The lowest BCUT2D eigenvalue weighted by Gasteiger charge is -2.28. The van der Waals surface area contributed by atoms with Gasteiger partial charge in [-0.05, 0) is 6.42 Å². The van der Waals surface area contributed by atoms with Crippen molar-refractivity contribution >= 4 is 5.91 Å². The molecular weight excluding hydrogens is 154 g/mol. The van der Waals surface area contributed by atoms with Gasteiger partial charge in [0.15, 0.2) is 0 Å². The molecule has 0 N–H and O–H groups in total. The van der Waals surface area contributed by atoms with E-state index in [0.717, 1.165) is 19.6 Å². The van der Waals surface area contributed by atoms with Crippen LogP contribution >= 0.6 is 0 Å². The van der Waals surface area contributed by atoms with Crippen molar-refractivity contribution in [1.82, 2.24) is 4.90 Å².